The maximum absolute atomic E-state index is 11.8. The molecule has 0 aliphatic rings. The van der Waals surface area contributed by atoms with Crippen LogP contribution in [0.4, 0.5) is 10.5 Å². The number of methoxy groups -OCH3 is 1. The molecule has 6 nitrogen and oxygen atoms in total. The lowest BCUT2D eigenvalue weighted by Gasteiger charge is -2.09. The molecule has 0 spiro atoms. The Labute approximate surface area is 138 Å². The summed E-state index contributed by atoms with van der Waals surface area (Å²) >= 11 is 5.99. The predicted molar refractivity (Wildman–Crippen MR) is 87.8 cm³/mol. The first-order valence-electron chi connectivity index (χ1n) is 6.93. The molecule has 120 valence electrons. The van der Waals surface area contributed by atoms with Gasteiger partial charge in [-0.2, -0.15) is 0 Å². The Hall–Kier alpha value is -2.60. The number of carbonyl (C=O) groups excluding carboxylic acids is 2. The highest BCUT2D eigenvalue weighted by Gasteiger charge is 2.11. The van der Waals surface area contributed by atoms with Crippen molar-refractivity contribution in [1.29, 1.82) is 0 Å². The van der Waals surface area contributed by atoms with Crippen molar-refractivity contribution < 1.29 is 14.3 Å². The van der Waals surface area contributed by atoms with Crippen molar-refractivity contribution in [3.8, 4) is 0 Å². The van der Waals surface area contributed by atoms with E-state index in [9.17, 15) is 9.59 Å². The minimum atomic E-state index is -0.527. The summed E-state index contributed by atoms with van der Waals surface area (Å²) in [6, 6.07) is 9.84. The summed E-state index contributed by atoms with van der Waals surface area (Å²) in [6.07, 6.45) is 2.34. The van der Waals surface area contributed by atoms with Crippen LogP contribution in [0.3, 0.4) is 0 Å². The van der Waals surface area contributed by atoms with Gasteiger partial charge in [0.25, 0.3) is 0 Å². The average molecular weight is 334 g/mol. The molecule has 0 atom stereocenters. The average Bonchev–Trinajstić information content (AvgIpc) is 2.55. The number of urea groups is 1. The van der Waals surface area contributed by atoms with Crippen LogP contribution in [0.2, 0.25) is 5.02 Å². The van der Waals surface area contributed by atoms with Gasteiger partial charge in [0.1, 0.15) is 0 Å². The summed E-state index contributed by atoms with van der Waals surface area (Å²) in [4.78, 5) is 27.4. The zero-order valence-electron chi connectivity index (χ0n) is 12.5. The first-order valence-corrected chi connectivity index (χ1v) is 7.30. The second-order valence-electron chi connectivity index (χ2n) is 4.64. The number of halogens is 1. The molecule has 1 heterocycles. The maximum atomic E-state index is 11.8. The number of nitrogens with one attached hydrogen (secondary N) is 2. The molecule has 2 amide bonds. The molecule has 2 rings (SSSR count). The monoisotopic (exact) mass is 333 g/mol. The number of hydrogen-bond donors (Lipinski definition) is 2. The molecule has 23 heavy (non-hydrogen) atoms. The summed E-state index contributed by atoms with van der Waals surface area (Å²) in [7, 11) is 1.28. The summed E-state index contributed by atoms with van der Waals surface area (Å²) in [5, 5.41) is 5.58. The zero-order chi connectivity index (χ0) is 16.7. The third-order valence-electron chi connectivity index (χ3n) is 3.03. The normalized spacial score (nSPS) is 10.0. The molecule has 2 N–H and O–H groups in total. The summed E-state index contributed by atoms with van der Waals surface area (Å²) in [6.45, 7) is 0.455. The van der Waals surface area contributed by atoms with E-state index in [1.807, 2.05) is 18.2 Å². The molecular weight excluding hydrogens is 318 g/mol. The van der Waals surface area contributed by atoms with E-state index >= 15 is 0 Å². The van der Waals surface area contributed by atoms with Crippen LogP contribution in [0, 0.1) is 0 Å². The number of aromatic nitrogens is 1. The Morgan fingerprint density at radius 3 is 2.74 bits per heavy atom. The summed E-state index contributed by atoms with van der Waals surface area (Å²) < 4.78 is 4.60. The first kappa shape index (κ1) is 16.8. The minimum Gasteiger partial charge on any atom is -0.465 e. The van der Waals surface area contributed by atoms with Gasteiger partial charge < -0.3 is 15.4 Å². The summed E-state index contributed by atoms with van der Waals surface area (Å²) in [5.74, 6) is -0.527. The van der Waals surface area contributed by atoms with E-state index < -0.39 is 5.97 Å². The molecule has 0 aliphatic carbocycles. The second kappa shape index (κ2) is 8.14. The lowest BCUT2D eigenvalue weighted by Crippen LogP contribution is -2.30. The fraction of sp³-hybridized carbons (Fsp3) is 0.188. The SMILES string of the molecule is COC(=O)c1ccc(NC(=O)NCCc2ccccn2)cc1Cl. The first-order chi connectivity index (χ1) is 11.1. The molecule has 1 aromatic carbocycles. The van der Waals surface area contributed by atoms with Crippen molar-refractivity contribution in [3.05, 3.63) is 58.9 Å². The van der Waals surface area contributed by atoms with Gasteiger partial charge in [-0.15, -0.1) is 0 Å². The van der Waals surface area contributed by atoms with E-state index in [0.29, 0.717) is 18.7 Å². The fourth-order valence-electron chi connectivity index (χ4n) is 1.89. The molecule has 0 saturated heterocycles. The van der Waals surface area contributed by atoms with Gasteiger partial charge in [-0.25, -0.2) is 9.59 Å². The molecule has 0 radical (unpaired) electrons. The number of nitrogens with zero attached hydrogens (tertiary/aromatic N) is 1. The van der Waals surface area contributed by atoms with Crippen molar-refractivity contribution in [2.24, 2.45) is 0 Å². The largest absolute Gasteiger partial charge is 0.465 e. The van der Waals surface area contributed by atoms with E-state index in [1.54, 1.807) is 12.3 Å². The number of anilines is 1. The van der Waals surface area contributed by atoms with E-state index in [4.69, 9.17) is 11.6 Å². The lowest BCUT2D eigenvalue weighted by atomic mass is 10.2. The van der Waals surface area contributed by atoms with E-state index in [0.717, 1.165) is 5.69 Å². The van der Waals surface area contributed by atoms with Crippen LogP contribution in [0.5, 0.6) is 0 Å². The summed E-state index contributed by atoms with van der Waals surface area (Å²) in [5.41, 5.74) is 1.63. The number of esters is 1. The molecule has 0 unspecified atom stereocenters. The van der Waals surface area contributed by atoms with Crippen molar-refractivity contribution >= 4 is 29.3 Å². The highest BCUT2D eigenvalue weighted by atomic mass is 35.5. The Morgan fingerprint density at radius 2 is 2.09 bits per heavy atom. The molecule has 0 saturated carbocycles. The Kier molecular flexibility index (Phi) is 5.94. The van der Waals surface area contributed by atoms with Gasteiger partial charge in [-0.1, -0.05) is 17.7 Å². The molecule has 7 heteroatoms. The molecular formula is C16H16ClN3O3. The third-order valence-corrected chi connectivity index (χ3v) is 3.34. The smallest absolute Gasteiger partial charge is 0.339 e. The highest BCUT2D eigenvalue weighted by Crippen LogP contribution is 2.21. The van der Waals surface area contributed by atoms with Gasteiger partial charge in [0.15, 0.2) is 0 Å². The van der Waals surface area contributed by atoms with Crippen molar-refractivity contribution in [3.63, 3.8) is 0 Å². The van der Waals surface area contributed by atoms with Crippen LogP contribution in [0.15, 0.2) is 42.6 Å². The lowest BCUT2D eigenvalue weighted by molar-refractivity contribution is 0.0601. The van der Waals surface area contributed by atoms with Crippen LogP contribution >= 0.6 is 11.6 Å². The van der Waals surface area contributed by atoms with Crippen molar-refractivity contribution in [2.75, 3.05) is 19.0 Å². The Balaban J connectivity index is 1.85. The number of benzene rings is 1. The van der Waals surface area contributed by atoms with Crippen LogP contribution in [0.1, 0.15) is 16.1 Å². The number of pyridine rings is 1. The zero-order valence-corrected chi connectivity index (χ0v) is 13.3. The Morgan fingerprint density at radius 1 is 1.26 bits per heavy atom. The molecule has 0 fully saturated rings. The van der Waals surface area contributed by atoms with Crippen molar-refractivity contribution in [1.82, 2.24) is 10.3 Å². The topological polar surface area (TPSA) is 80.3 Å². The van der Waals surface area contributed by atoms with Crippen LogP contribution in [-0.4, -0.2) is 30.6 Å². The number of amides is 2. The van der Waals surface area contributed by atoms with Crippen molar-refractivity contribution in [2.45, 2.75) is 6.42 Å². The van der Waals surface area contributed by atoms with E-state index in [-0.39, 0.29) is 16.6 Å². The maximum Gasteiger partial charge on any atom is 0.339 e. The van der Waals surface area contributed by atoms with Crippen LogP contribution in [0.25, 0.3) is 0 Å². The minimum absolute atomic E-state index is 0.211. The number of carbonyl (C=O) groups is 2. The molecule has 2 aromatic rings. The van der Waals surface area contributed by atoms with Gasteiger partial charge in [0, 0.05) is 30.5 Å². The van der Waals surface area contributed by atoms with E-state index in [1.165, 1.54) is 19.2 Å². The van der Waals surface area contributed by atoms with Gasteiger partial charge in [-0.3, -0.25) is 4.98 Å². The molecule has 0 bridgehead atoms. The van der Waals surface area contributed by atoms with Crippen LogP contribution < -0.4 is 10.6 Å². The third kappa shape index (κ3) is 4.96. The molecule has 0 aliphatic heterocycles. The van der Waals surface area contributed by atoms with Gasteiger partial charge >= 0.3 is 12.0 Å². The number of ether oxygens (including phenoxy) is 1. The van der Waals surface area contributed by atoms with Crippen LogP contribution in [-0.2, 0) is 11.2 Å². The Bertz CT molecular complexity index is 692. The predicted octanol–water partition coefficient (Wildman–Crippen LogP) is 2.89. The number of hydrogen-bond acceptors (Lipinski definition) is 4. The van der Waals surface area contributed by atoms with Gasteiger partial charge in [0.2, 0.25) is 0 Å². The van der Waals surface area contributed by atoms with E-state index in [2.05, 4.69) is 20.4 Å². The van der Waals surface area contributed by atoms with Gasteiger partial charge in [-0.05, 0) is 30.3 Å². The standard InChI is InChI=1S/C16H16ClN3O3/c1-23-15(21)13-6-5-12(10-14(13)17)20-16(22)19-9-7-11-4-2-3-8-18-11/h2-6,8,10H,7,9H2,1H3,(H2,19,20,22). The number of rotatable bonds is 5. The second-order valence-corrected chi connectivity index (χ2v) is 5.05. The van der Waals surface area contributed by atoms with Gasteiger partial charge in [0.05, 0.1) is 17.7 Å². The highest BCUT2D eigenvalue weighted by molar-refractivity contribution is 6.33. The quantitative estimate of drug-likeness (QED) is 0.824. The molecule has 1 aromatic heterocycles. The fourth-order valence-corrected chi connectivity index (χ4v) is 2.15.